The second kappa shape index (κ2) is 10.2. The minimum absolute atomic E-state index is 0.0344. The summed E-state index contributed by atoms with van der Waals surface area (Å²) in [4.78, 5) is 13.7. The van der Waals surface area contributed by atoms with Gasteiger partial charge in [-0.15, -0.1) is 0 Å². The molecule has 3 aromatic carbocycles. The third-order valence-electron chi connectivity index (χ3n) is 7.84. The van der Waals surface area contributed by atoms with Crippen molar-refractivity contribution in [1.82, 2.24) is 10.2 Å². The Labute approximate surface area is 220 Å². The van der Waals surface area contributed by atoms with E-state index in [1.165, 1.54) is 6.07 Å². The first-order valence-electron chi connectivity index (χ1n) is 12.3. The smallest absolute Gasteiger partial charge is 0.413 e. The van der Waals surface area contributed by atoms with Gasteiger partial charge in [0.05, 0.1) is 11.6 Å². The standard InChI is InChI=1S/C29H29FN2O4S/c1-36-19-14-18(17-33)29(15-19,25-12-6-7-13-26(25)30)31-27(37)32(28(34)35)16-24-22-10-4-2-8-20(22)21-9-3-5-11-23(21)24/h2-13,18-19,24,33H,14-17H2,1H3,(H,31,37)(H,34,35). The van der Waals surface area contributed by atoms with Crippen LogP contribution in [0.15, 0.2) is 72.8 Å². The summed E-state index contributed by atoms with van der Waals surface area (Å²) >= 11 is 5.70. The van der Waals surface area contributed by atoms with Crippen molar-refractivity contribution in [3.05, 3.63) is 95.3 Å². The van der Waals surface area contributed by atoms with Gasteiger partial charge in [0.25, 0.3) is 0 Å². The van der Waals surface area contributed by atoms with Gasteiger partial charge in [-0.1, -0.05) is 66.7 Å². The molecule has 3 unspecified atom stereocenters. The molecule has 3 atom stereocenters. The molecule has 37 heavy (non-hydrogen) atoms. The van der Waals surface area contributed by atoms with Crippen LogP contribution in [0, 0.1) is 11.7 Å². The van der Waals surface area contributed by atoms with Crippen LogP contribution in [-0.4, -0.2) is 52.7 Å². The fourth-order valence-electron chi connectivity index (χ4n) is 6.06. The number of methoxy groups -OCH3 is 1. The lowest BCUT2D eigenvalue weighted by Crippen LogP contribution is -2.56. The lowest BCUT2D eigenvalue weighted by molar-refractivity contribution is 0.0991. The molecule has 5 rings (SSSR count). The zero-order valence-corrected chi connectivity index (χ0v) is 21.2. The van der Waals surface area contributed by atoms with Gasteiger partial charge in [0.1, 0.15) is 5.82 Å². The molecule has 0 radical (unpaired) electrons. The van der Waals surface area contributed by atoms with Crippen molar-refractivity contribution in [3.63, 3.8) is 0 Å². The highest BCUT2D eigenvalue weighted by Gasteiger charge is 2.51. The molecule has 0 aliphatic heterocycles. The number of hydrogen-bond donors (Lipinski definition) is 3. The molecule has 2 aliphatic rings. The highest BCUT2D eigenvalue weighted by Crippen LogP contribution is 2.47. The van der Waals surface area contributed by atoms with Crippen LogP contribution in [0.4, 0.5) is 9.18 Å². The number of aliphatic hydroxyl groups excluding tert-OH is 1. The SMILES string of the molecule is COC1CC(CO)C(NC(=S)N(CC2c3ccccc3-c3ccccc32)C(=O)O)(c2ccccc2F)C1. The Morgan fingerprint density at radius 3 is 2.24 bits per heavy atom. The Bertz CT molecular complexity index is 1290. The van der Waals surface area contributed by atoms with Crippen molar-refractivity contribution in [2.24, 2.45) is 5.92 Å². The Balaban J connectivity index is 1.51. The Morgan fingerprint density at radius 1 is 1.08 bits per heavy atom. The molecule has 1 fully saturated rings. The van der Waals surface area contributed by atoms with Gasteiger partial charge in [-0.05, 0) is 47.0 Å². The summed E-state index contributed by atoms with van der Waals surface area (Å²) in [7, 11) is 1.58. The van der Waals surface area contributed by atoms with E-state index in [4.69, 9.17) is 17.0 Å². The molecule has 0 aromatic heterocycles. The Kier molecular flexibility index (Phi) is 6.98. The van der Waals surface area contributed by atoms with Crippen molar-refractivity contribution in [1.29, 1.82) is 0 Å². The quantitative estimate of drug-likeness (QED) is 0.392. The van der Waals surface area contributed by atoms with Crippen LogP contribution in [0.1, 0.15) is 35.4 Å². The van der Waals surface area contributed by atoms with E-state index in [0.717, 1.165) is 27.2 Å². The van der Waals surface area contributed by atoms with Crippen molar-refractivity contribution in [2.45, 2.75) is 30.4 Å². The molecular formula is C29H29FN2O4S. The summed E-state index contributed by atoms with van der Waals surface area (Å²) in [5, 5.41) is 23.7. The molecule has 0 bridgehead atoms. The third kappa shape index (κ3) is 4.39. The molecular weight excluding hydrogens is 491 g/mol. The predicted molar refractivity (Wildman–Crippen MR) is 143 cm³/mol. The highest BCUT2D eigenvalue weighted by molar-refractivity contribution is 7.80. The molecule has 3 N–H and O–H groups in total. The van der Waals surface area contributed by atoms with Crippen LogP contribution in [0.3, 0.4) is 0 Å². The topological polar surface area (TPSA) is 82.0 Å². The summed E-state index contributed by atoms with van der Waals surface area (Å²) in [6.07, 6.45) is -0.644. The van der Waals surface area contributed by atoms with Gasteiger partial charge < -0.3 is 20.3 Å². The fourth-order valence-corrected chi connectivity index (χ4v) is 6.39. The van der Waals surface area contributed by atoms with Gasteiger partial charge in [-0.3, -0.25) is 4.90 Å². The van der Waals surface area contributed by atoms with Gasteiger partial charge >= 0.3 is 6.09 Å². The van der Waals surface area contributed by atoms with Gasteiger partial charge in [0, 0.05) is 44.1 Å². The maximum atomic E-state index is 15.2. The number of halogens is 1. The van der Waals surface area contributed by atoms with Crippen molar-refractivity contribution < 1.29 is 24.1 Å². The zero-order chi connectivity index (χ0) is 26.2. The summed E-state index contributed by atoms with van der Waals surface area (Å²) in [5.74, 6) is -1.10. The number of benzene rings is 3. The summed E-state index contributed by atoms with van der Waals surface area (Å²) < 4.78 is 20.7. The summed E-state index contributed by atoms with van der Waals surface area (Å²) in [6, 6.07) is 22.3. The van der Waals surface area contributed by atoms with Crippen LogP contribution in [-0.2, 0) is 10.3 Å². The van der Waals surface area contributed by atoms with E-state index >= 15 is 4.39 Å². The van der Waals surface area contributed by atoms with Crippen molar-refractivity contribution in [2.75, 3.05) is 20.3 Å². The lowest BCUT2D eigenvalue weighted by atomic mass is 9.80. The average molecular weight is 521 g/mol. The van der Waals surface area contributed by atoms with Crippen molar-refractivity contribution >= 4 is 23.4 Å². The van der Waals surface area contributed by atoms with E-state index < -0.39 is 23.4 Å². The second-order valence-corrected chi connectivity index (χ2v) is 10.1. The number of thiocarbonyl (C=S) groups is 1. The van der Waals surface area contributed by atoms with E-state index in [2.05, 4.69) is 5.32 Å². The number of ether oxygens (including phenoxy) is 1. The zero-order valence-electron chi connectivity index (χ0n) is 20.4. The number of rotatable bonds is 6. The molecule has 0 heterocycles. The minimum atomic E-state index is -1.20. The van der Waals surface area contributed by atoms with E-state index in [-0.39, 0.29) is 30.3 Å². The van der Waals surface area contributed by atoms with E-state index in [9.17, 15) is 15.0 Å². The number of aliphatic hydroxyl groups is 1. The maximum Gasteiger partial charge on any atom is 0.413 e. The molecule has 2 aliphatic carbocycles. The third-order valence-corrected chi connectivity index (χ3v) is 8.16. The van der Waals surface area contributed by atoms with E-state index in [0.29, 0.717) is 18.4 Å². The molecule has 1 amide bonds. The number of carbonyl (C=O) groups is 1. The molecule has 0 saturated heterocycles. The van der Waals surface area contributed by atoms with Crippen LogP contribution in [0.5, 0.6) is 0 Å². The minimum Gasteiger partial charge on any atom is -0.465 e. The summed E-state index contributed by atoms with van der Waals surface area (Å²) in [5.41, 5.74) is 3.43. The fraction of sp³-hybridized carbons (Fsp3) is 0.310. The van der Waals surface area contributed by atoms with Gasteiger partial charge in [0.2, 0.25) is 0 Å². The lowest BCUT2D eigenvalue weighted by Gasteiger charge is -2.39. The first-order chi connectivity index (χ1) is 17.9. The predicted octanol–water partition coefficient (Wildman–Crippen LogP) is 5.11. The molecule has 8 heteroatoms. The van der Waals surface area contributed by atoms with Crippen LogP contribution >= 0.6 is 12.2 Å². The average Bonchev–Trinajstić information content (AvgIpc) is 3.43. The second-order valence-electron chi connectivity index (χ2n) is 9.68. The van der Waals surface area contributed by atoms with E-state index in [1.807, 2.05) is 48.5 Å². The summed E-state index contributed by atoms with van der Waals surface area (Å²) in [6.45, 7) is -0.139. The van der Waals surface area contributed by atoms with Gasteiger partial charge in [-0.2, -0.15) is 0 Å². The molecule has 1 saturated carbocycles. The van der Waals surface area contributed by atoms with Crippen LogP contribution < -0.4 is 5.32 Å². The molecule has 3 aromatic rings. The number of fused-ring (bicyclic) bond motifs is 3. The van der Waals surface area contributed by atoms with Crippen molar-refractivity contribution in [3.8, 4) is 11.1 Å². The van der Waals surface area contributed by atoms with Crippen LogP contribution in [0.25, 0.3) is 11.1 Å². The monoisotopic (exact) mass is 520 g/mol. The molecule has 192 valence electrons. The number of amides is 1. The largest absolute Gasteiger partial charge is 0.465 e. The first kappa shape index (κ1) is 25.3. The molecule has 0 spiro atoms. The van der Waals surface area contributed by atoms with E-state index in [1.54, 1.807) is 25.3 Å². The first-order valence-corrected chi connectivity index (χ1v) is 12.7. The maximum absolute atomic E-state index is 15.2. The highest BCUT2D eigenvalue weighted by atomic mass is 32.1. The van der Waals surface area contributed by atoms with Crippen LogP contribution in [0.2, 0.25) is 0 Å². The molecule has 6 nitrogen and oxygen atoms in total. The van der Waals surface area contributed by atoms with Gasteiger partial charge in [0.15, 0.2) is 5.11 Å². The van der Waals surface area contributed by atoms with Gasteiger partial charge in [-0.25, -0.2) is 9.18 Å². The number of carboxylic acid groups (broad SMARTS) is 1. The normalized spacial score (nSPS) is 22.4. The number of nitrogens with one attached hydrogen (secondary N) is 1. The Morgan fingerprint density at radius 2 is 1.68 bits per heavy atom. The number of nitrogens with zero attached hydrogens (tertiary/aromatic N) is 1. The number of hydrogen-bond acceptors (Lipinski definition) is 4. The Hall–Kier alpha value is -3.33.